The Labute approximate surface area is 83.1 Å². The van der Waals surface area contributed by atoms with Crippen molar-refractivity contribution in [2.24, 2.45) is 7.05 Å². The van der Waals surface area contributed by atoms with Gasteiger partial charge in [0.25, 0.3) is 0 Å². The molecule has 5 nitrogen and oxygen atoms in total. The average Bonchev–Trinajstić information content (AvgIpc) is 2.58. The van der Waals surface area contributed by atoms with E-state index >= 15 is 0 Å². The van der Waals surface area contributed by atoms with Gasteiger partial charge < -0.3 is 10.1 Å². The highest BCUT2D eigenvalue weighted by atomic mass is 16.5. The summed E-state index contributed by atoms with van der Waals surface area (Å²) in [6, 6.07) is 1.89. The van der Waals surface area contributed by atoms with E-state index in [4.69, 9.17) is 0 Å². The summed E-state index contributed by atoms with van der Waals surface area (Å²) in [4.78, 5) is 10.8. The summed E-state index contributed by atoms with van der Waals surface area (Å²) in [5, 5.41) is 7.24. The highest BCUT2D eigenvalue weighted by Gasteiger charge is 1.99. The van der Waals surface area contributed by atoms with Crippen LogP contribution < -0.4 is 5.32 Å². The van der Waals surface area contributed by atoms with Crippen molar-refractivity contribution in [3.63, 3.8) is 0 Å². The van der Waals surface area contributed by atoms with Gasteiger partial charge in [0.2, 0.25) is 0 Å². The smallest absolute Gasteiger partial charge is 0.305 e. The normalized spacial score (nSPS) is 9.86. The van der Waals surface area contributed by atoms with Gasteiger partial charge in [0.05, 0.1) is 7.11 Å². The third-order valence-corrected chi connectivity index (χ3v) is 1.81. The van der Waals surface area contributed by atoms with E-state index in [0.717, 1.165) is 18.8 Å². The summed E-state index contributed by atoms with van der Waals surface area (Å²) < 4.78 is 6.24. The van der Waals surface area contributed by atoms with E-state index < -0.39 is 0 Å². The summed E-state index contributed by atoms with van der Waals surface area (Å²) in [7, 11) is 3.26. The van der Waals surface area contributed by atoms with E-state index in [1.165, 1.54) is 7.11 Å². The van der Waals surface area contributed by atoms with Crippen LogP contribution in [0.25, 0.3) is 0 Å². The van der Waals surface area contributed by atoms with Crippen molar-refractivity contribution in [2.45, 2.75) is 12.8 Å². The molecule has 5 heteroatoms. The molecule has 78 valence electrons. The number of rotatable bonds is 5. The molecule has 1 aromatic rings. The Bertz CT molecular complexity index is 296. The van der Waals surface area contributed by atoms with Gasteiger partial charge >= 0.3 is 5.97 Å². The monoisotopic (exact) mass is 197 g/mol. The Morgan fingerprint density at radius 3 is 3.07 bits per heavy atom. The Kier molecular flexibility index (Phi) is 3.97. The Hall–Kier alpha value is -1.52. The zero-order chi connectivity index (χ0) is 10.4. The summed E-state index contributed by atoms with van der Waals surface area (Å²) >= 11 is 0. The molecule has 0 saturated carbocycles. The molecule has 0 aliphatic carbocycles. The van der Waals surface area contributed by atoms with Crippen molar-refractivity contribution in [1.82, 2.24) is 9.78 Å². The topological polar surface area (TPSA) is 56.1 Å². The zero-order valence-corrected chi connectivity index (χ0v) is 8.49. The minimum Gasteiger partial charge on any atom is -0.469 e. The number of carbonyl (C=O) groups excluding carboxylic acids is 1. The number of ether oxygens (including phenoxy) is 1. The molecule has 1 aromatic heterocycles. The number of carbonyl (C=O) groups is 1. The summed E-state index contributed by atoms with van der Waals surface area (Å²) in [5.41, 5.74) is 0. The lowest BCUT2D eigenvalue weighted by Gasteiger charge is -2.01. The Balaban J connectivity index is 2.13. The van der Waals surface area contributed by atoms with Crippen LogP contribution in [0.3, 0.4) is 0 Å². The molecule has 0 saturated heterocycles. The Morgan fingerprint density at radius 2 is 2.50 bits per heavy atom. The van der Waals surface area contributed by atoms with Crippen molar-refractivity contribution in [3.8, 4) is 0 Å². The molecule has 0 spiro atoms. The number of nitrogens with zero attached hydrogens (tertiary/aromatic N) is 2. The van der Waals surface area contributed by atoms with Crippen molar-refractivity contribution < 1.29 is 9.53 Å². The fraction of sp³-hybridized carbons (Fsp3) is 0.556. The largest absolute Gasteiger partial charge is 0.469 e. The van der Waals surface area contributed by atoms with Crippen LogP contribution >= 0.6 is 0 Å². The number of methoxy groups -OCH3 is 1. The number of aromatic nitrogens is 2. The fourth-order valence-corrected chi connectivity index (χ4v) is 1.06. The predicted octanol–water partition coefficient (Wildman–Crippen LogP) is 0.785. The SMILES string of the molecule is COC(=O)CCCNc1ccn(C)n1. The van der Waals surface area contributed by atoms with Crippen LogP contribution in [0.4, 0.5) is 5.82 Å². The van der Waals surface area contributed by atoms with Crippen molar-refractivity contribution >= 4 is 11.8 Å². The van der Waals surface area contributed by atoms with Crippen LogP contribution in [0, 0.1) is 0 Å². The number of nitrogens with one attached hydrogen (secondary N) is 1. The summed E-state index contributed by atoms with van der Waals surface area (Å²) in [6.45, 7) is 0.728. The molecule has 0 unspecified atom stereocenters. The molecule has 0 aliphatic rings. The van der Waals surface area contributed by atoms with Crippen LogP contribution in [-0.4, -0.2) is 29.4 Å². The Morgan fingerprint density at radius 1 is 1.71 bits per heavy atom. The first-order valence-electron chi connectivity index (χ1n) is 4.52. The lowest BCUT2D eigenvalue weighted by Crippen LogP contribution is -2.07. The van der Waals surface area contributed by atoms with Crippen LogP contribution in [0.2, 0.25) is 0 Å². The second-order valence-electron chi connectivity index (χ2n) is 2.98. The maximum atomic E-state index is 10.8. The molecule has 0 fully saturated rings. The van der Waals surface area contributed by atoms with Gasteiger partial charge in [0.15, 0.2) is 0 Å². The van der Waals surface area contributed by atoms with Gasteiger partial charge in [0.1, 0.15) is 5.82 Å². The van der Waals surface area contributed by atoms with E-state index in [9.17, 15) is 4.79 Å². The van der Waals surface area contributed by atoms with Crippen LogP contribution in [-0.2, 0) is 16.6 Å². The molecule has 0 aromatic carbocycles. The lowest BCUT2D eigenvalue weighted by atomic mass is 10.3. The maximum absolute atomic E-state index is 10.8. The van der Waals surface area contributed by atoms with E-state index in [1.54, 1.807) is 4.68 Å². The molecule has 0 bridgehead atoms. The first kappa shape index (κ1) is 10.6. The van der Waals surface area contributed by atoms with Crippen molar-refractivity contribution in [1.29, 1.82) is 0 Å². The van der Waals surface area contributed by atoms with Crippen LogP contribution in [0.15, 0.2) is 12.3 Å². The first-order valence-corrected chi connectivity index (χ1v) is 4.52. The molecule has 0 atom stereocenters. The molecular weight excluding hydrogens is 182 g/mol. The minimum atomic E-state index is -0.173. The standard InChI is InChI=1S/C9H15N3O2/c1-12-7-5-8(11-12)10-6-3-4-9(13)14-2/h5,7H,3-4,6H2,1-2H3,(H,10,11). The first-order chi connectivity index (χ1) is 6.72. The number of esters is 1. The van der Waals surface area contributed by atoms with Gasteiger partial charge in [-0.15, -0.1) is 0 Å². The highest BCUT2D eigenvalue weighted by Crippen LogP contribution is 2.01. The second kappa shape index (κ2) is 5.26. The second-order valence-corrected chi connectivity index (χ2v) is 2.98. The maximum Gasteiger partial charge on any atom is 0.305 e. The van der Waals surface area contributed by atoms with E-state index in [-0.39, 0.29) is 5.97 Å². The molecule has 1 heterocycles. The molecule has 1 rings (SSSR count). The van der Waals surface area contributed by atoms with E-state index in [0.29, 0.717) is 6.42 Å². The minimum absolute atomic E-state index is 0.173. The van der Waals surface area contributed by atoms with Crippen LogP contribution in [0.1, 0.15) is 12.8 Å². The number of aryl methyl sites for hydroxylation is 1. The molecule has 0 radical (unpaired) electrons. The number of anilines is 1. The predicted molar refractivity (Wildman–Crippen MR) is 52.9 cm³/mol. The van der Waals surface area contributed by atoms with Gasteiger partial charge in [0, 0.05) is 32.3 Å². The molecule has 0 amide bonds. The summed E-state index contributed by atoms with van der Waals surface area (Å²) in [6.07, 6.45) is 3.06. The van der Waals surface area contributed by atoms with Crippen molar-refractivity contribution in [3.05, 3.63) is 12.3 Å². The average molecular weight is 197 g/mol. The third-order valence-electron chi connectivity index (χ3n) is 1.81. The quantitative estimate of drug-likeness (QED) is 0.560. The van der Waals surface area contributed by atoms with Gasteiger partial charge in [-0.3, -0.25) is 9.48 Å². The van der Waals surface area contributed by atoms with E-state index in [1.807, 2.05) is 19.3 Å². The number of hydrogen-bond acceptors (Lipinski definition) is 4. The molecular formula is C9H15N3O2. The van der Waals surface area contributed by atoms with Crippen LogP contribution in [0.5, 0.6) is 0 Å². The zero-order valence-electron chi connectivity index (χ0n) is 8.49. The van der Waals surface area contributed by atoms with E-state index in [2.05, 4.69) is 15.2 Å². The van der Waals surface area contributed by atoms with Gasteiger partial charge in [-0.1, -0.05) is 0 Å². The van der Waals surface area contributed by atoms with Gasteiger partial charge in [-0.25, -0.2) is 0 Å². The lowest BCUT2D eigenvalue weighted by molar-refractivity contribution is -0.140. The summed E-state index contributed by atoms with van der Waals surface area (Å²) in [5.74, 6) is 0.658. The number of hydrogen-bond donors (Lipinski definition) is 1. The highest BCUT2D eigenvalue weighted by molar-refractivity contribution is 5.69. The molecule has 1 N–H and O–H groups in total. The van der Waals surface area contributed by atoms with Gasteiger partial charge in [-0.05, 0) is 6.42 Å². The molecule has 14 heavy (non-hydrogen) atoms. The fourth-order valence-electron chi connectivity index (χ4n) is 1.06. The van der Waals surface area contributed by atoms with Crippen molar-refractivity contribution in [2.75, 3.05) is 19.0 Å². The van der Waals surface area contributed by atoms with Gasteiger partial charge in [-0.2, -0.15) is 5.10 Å². The third kappa shape index (κ3) is 3.47. The molecule has 0 aliphatic heterocycles.